The van der Waals surface area contributed by atoms with Gasteiger partial charge in [0.2, 0.25) is 0 Å². The topological polar surface area (TPSA) is 84.6 Å². The normalized spacial score (nSPS) is 12.7. The van der Waals surface area contributed by atoms with Crippen molar-refractivity contribution in [1.82, 2.24) is 9.55 Å². The Morgan fingerprint density at radius 2 is 2.00 bits per heavy atom. The molecule has 0 fully saturated rings. The predicted molar refractivity (Wildman–Crippen MR) is 130 cm³/mol. The highest BCUT2D eigenvalue weighted by Gasteiger charge is 2.35. The third-order valence-corrected chi connectivity index (χ3v) is 7.35. The van der Waals surface area contributed by atoms with Crippen molar-refractivity contribution in [2.45, 2.75) is 25.0 Å². The van der Waals surface area contributed by atoms with Gasteiger partial charge in [0.25, 0.3) is 0 Å². The molecule has 0 radical (unpaired) electrons. The molecule has 2 aromatic heterocycles. The lowest BCUT2D eigenvalue weighted by Crippen LogP contribution is -2.14. The number of aliphatic hydroxyl groups excluding tert-OH is 1. The van der Waals surface area contributed by atoms with Gasteiger partial charge in [-0.15, -0.1) is 11.3 Å². The van der Waals surface area contributed by atoms with Gasteiger partial charge in [0.1, 0.15) is 23.2 Å². The van der Waals surface area contributed by atoms with Crippen molar-refractivity contribution in [3.63, 3.8) is 0 Å². The average molecular weight is 523 g/mol. The summed E-state index contributed by atoms with van der Waals surface area (Å²) in [5.74, 6) is 0.0499. The molecule has 6 nitrogen and oxygen atoms in total. The molecule has 2 N–H and O–H groups in total. The number of thiophene rings is 1. The molecule has 0 saturated carbocycles. The van der Waals surface area contributed by atoms with Gasteiger partial charge in [0.05, 0.1) is 23.2 Å². The van der Waals surface area contributed by atoms with Crippen molar-refractivity contribution in [3.8, 4) is 10.8 Å². The number of ether oxygens (including phenoxy) is 1. The molecule has 0 aliphatic carbocycles. The molecule has 184 valence electrons. The number of aromatic carboxylic acids is 1. The first-order chi connectivity index (χ1) is 16.7. The number of benzene rings is 2. The number of hydrogen-bond donors (Lipinski definition) is 2. The number of aromatic nitrogens is 2. The number of carboxylic acid groups (broad SMARTS) is 1. The van der Waals surface area contributed by atoms with Crippen molar-refractivity contribution in [3.05, 3.63) is 76.4 Å². The Kier molecular flexibility index (Phi) is 7.39. The first-order valence-corrected chi connectivity index (χ1v) is 12.5. The van der Waals surface area contributed by atoms with Crippen LogP contribution in [-0.2, 0) is 11.9 Å². The molecule has 0 bridgehead atoms. The molecule has 0 aliphatic heterocycles. The van der Waals surface area contributed by atoms with E-state index >= 15 is 0 Å². The number of rotatable bonds is 9. The predicted octanol–water partition coefficient (Wildman–Crippen LogP) is 6.17. The third-order valence-electron chi connectivity index (χ3n) is 5.24. The molecule has 35 heavy (non-hydrogen) atoms. The fourth-order valence-electron chi connectivity index (χ4n) is 3.65. The number of carbonyl (C=O) groups is 1. The van der Waals surface area contributed by atoms with Crippen LogP contribution in [0, 0.1) is 0 Å². The summed E-state index contributed by atoms with van der Waals surface area (Å²) in [5.41, 5.74) is 1.57. The van der Waals surface area contributed by atoms with Crippen LogP contribution in [0.3, 0.4) is 0 Å². The second-order valence-corrected chi connectivity index (χ2v) is 9.78. The molecule has 0 aliphatic rings. The summed E-state index contributed by atoms with van der Waals surface area (Å²) in [4.78, 5) is 16.2. The monoisotopic (exact) mass is 522 g/mol. The molecule has 11 heteroatoms. The van der Waals surface area contributed by atoms with Crippen molar-refractivity contribution in [2.24, 2.45) is 0 Å². The van der Waals surface area contributed by atoms with Gasteiger partial charge in [-0.05, 0) is 30.7 Å². The van der Waals surface area contributed by atoms with Crippen LogP contribution in [-0.4, -0.2) is 38.1 Å². The third kappa shape index (κ3) is 5.47. The van der Waals surface area contributed by atoms with Crippen LogP contribution >= 0.6 is 23.1 Å². The highest BCUT2D eigenvalue weighted by molar-refractivity contribution is 7.98. The molecule has 2 aromatic carbocycles. The van der Waals surface area contributed by atoms with Crippen molar-refractivity contribution in [2.75, 3.05) is 12.4 Å². The lowest BCUT2D eigenvalue weighted by atomic mass is 10.0. The van der Waals surface area contributed by atoms with E-state index in [2.05, 4.69) is 4.98 Å². The van der Waals surface area contributed by atoms with Crippen molar-refractivity contribution in [1.29, 1.82) is 0 Å². The standard InChI is InChI=1S/C24H21F3N2O4S2/c1-14(16-4-2-3-5-17(16)24(25,26)27)33-20-11-21(35-22(20)23(31)32)29-13-28-18-7-6-15(10-19(18)29)12-34-9-8-30/h2-7,10-11,13-14,30H,8-9,12H2,1H3,(H,31,32)/t14-/m1/s1. The van der Waals surface area contributed by atoms with E-state index in [0.29, 0.717) is 22.0 Å². The maximum Gasteiger partial charge on any atom is 0.416 e. The smallest absolute Gasteiger partial charge is 0.416 e. The number of thioether (sulfide) groups is 1. The number of carboxylic acids is 1. The zero-order valence-corrected chi connectivity index (χ0v) is 20.1. The highest BCUT2D eigenvalue weighted by Crippen LogP contribution is 2.39. The summed E-state index contributed by atoms with van der Waals surface area (Å²) in [6.45, 7) is 1.54. The summed E-state index contributed by atoms with van der Waals surface area (Å²) in [6, 6.07) is 12.3. The quantitative estimate of drug-likeness (QED) is 0.256. The van der Waals surface area contributed by atoms with Gasteiger partial charge >= 0.3 is 12.1 Å². The highest BCUT2D eigenvalue weighted by atomic mass is 32.2. The van der Waals surface area contributed by atoms with Crippen LogP contribution < -0.4 is 4.74 Å². The number of imidazole rings is 1. The average Bonchev–Trinajstić information content (AvgIpc) is 3.42. The van der Waals surface area contributed by atoms with Gasteiger partial charge in [0.15, 0.2) is 4.88 Å². The van der Waals surface area contributed by atoms with E-state index in [4.69, 9.17) is 9.84 Å². The fourth-order valence-corrected chi connectivity index (χ4v) is 5.26. The molecule has 1 atom stereocenters. The Bertz CT molecular complexity index is 1350. The summed E-state index contributed by atoms with van der Waals surface area (Å²) in [7, 11) is 0. The molecule has 4 rings (SSSR count). The van der Waals surface area contributed by atoms with E-state index in [0.717, 1.165) is 28.5 Å². The second-order valence-electron chi connectivity index (χ2n) is 7.64. The van der Waals surface area contributed by atoms with Gasteiger partial charge < -0.3 is 14.9 Å². The Labute approximate surface area is 207 Å². The Morgan fingerprint density at radius 3 is 2.71 bits per heavy atom. The zero-order chi connectivity index (χ0) is 25.2. The Balaban J connectivity index is 1.68. The molecule has 0 unspecified atom stereocenters. The minimum atomic E-state index is -4.56. The van der Waals surface area contributed by atoms with Crippen LogP contribution in [0.15, 0.2) is 54.9 Å². The van der Waals surface area contributed by atoms with Gasteiger partial charge in [-0.1, -0.05) is 24.3 Å². The van der Waals surface area contributed by atoms with Crippen LogP contribution in [0.25, 0.3) is 16.0 Å². The van der Waals surface area contributed by atoms with Crippen molar-refractivity contribution >= 4 is 40.1 Å². The molecule has 0 spiro atoms. The summed E-state index contributed by atoms with van der Waals surface area (Å²) >= 11 is 2.53. The van der Waals surface area contributed by atoms with Gasteiger partial charge in [-0.25, -0.2) is 9.78 Å². The Morgan fingerprint density at radius 1 is 1.23 bits per heavy atom. The molecule has 4 aromatic rings. The maximum absolute atomic E-state index is 13.5. The molecular weight excluding hydrogens is 501 g/mol. The number of alkyl halides is 3. The number of hydrogen-bond acceptors (Lipinski definition) is 6. The number of halogens is 3. The lowest BCUT2D eigenvalue weighted by Gasteiger charge is -2.19. The molecule has 2 heterocycles. The van der Waals surface area contributed by atoms with Gasteiger partial charge in [0, 0.05) is 23.1 Å². The minimum absolute atomic E-state index is 0.0153. The summed E-state index contributed by atoms with van der Waals surface area (Å²) < 4.78 is 47.9. The van der Waals surface area contributed by atoms with E-state index in [1.807, 2.05) is 18.2 Å². The van der Waals surface area contributed by atoms with Crippen LogP contribution in [0.2, 0.25) is 0 Å². The summed E-state index contributed by atoms with van der Waals surface area (Å²) in [6.07, 6.45) is -4.03. The first-order valence-electron chi connectivity index (χ1n) is 10.5. The number of aliphatic hydroxyl groups is 1. The number of fused-ring (bicyclic) bond motifs is 1. The maximum atomic E-state index is 13.5. The summed E-state index contributed by atoms with van der Waals surface area (Å²) in [5, 5.41) is 19.2. The van der Waals surface area contributed by atoms with E-state index in [-0.39, 0.29) is 22.8 Å². The number of nitrogens with zero attached hydrogens (tertiary/aromatic N) is 2. The zero-order valence-electron chi connectivity index (χ0n) is 18.5. The van der Waals surface area contributed by atoms with Crippen LogP contribution in [0.4, 0.5) is 13.2 Å². The van der Waals surface area contributed by atoms with E-state index in [1.54, 1.807) is 22.7 Å². The Hall–Kier alpha value is -3.02. The minimum Gasteiger partial charge on any atom is -0.484 e. The fraction of sp³-hybridized carbons (Fsp3) is 0.250. The lowest BCUT2D eigenvalue weighted by molar-refractivity contribution is -0.139. The van der Waals surface area contributed by atoms with Crippen LogP contribution in [0.1, 0.15) is 39.4 Å². The largest absolute Gasteiger partial charge is 0.484 e. The van der Waals surface area contributed by atoms with Crippen LogP contribution in [0.5, 0.6) is 5.75 Å². The van der Waals surface area contributed by atoms with E-state index in [1.165, 1.54) is 31.2 Å². The van der Waals surface area contributed by atoms with Crippen molar-refractivity contribution < 1.29 is 32.9 Å². The SMILES string of the molecule is C[C@@H](Oc1cc(-n2cnc3ccc(CSCCO)cc32)sc1C(=O)O)c1ccccc1C(F)(F)F. The molecule has 0 amide bonds. The van der Waals surface area contributed by atoms with E-state index < -0.39 is 23.8 Å². The van der Waals surface area contributed by atoms with Gasteiger partial charge in [-0.3, -0.25) is 4.57 Å². The van der Waals surface area contributed by atoms with E-state index in [9.17, 15) is 23.1 Å². The van der Waals surface area contributed by atoms with Gasteiger partial charge in [-0.2, -0.15) is 24.9 Å². The first kappa shape index (κ1) is 25.1. The molecule has 0 saturated heterocycles. The molecular formula is C24H21F3N2O4S2. The second kappa shape index (κ2) is 10.3.